The quantitative estimate of drug-likeness (QED) is 0.862. The SMILES string of the molecule is C/C=C(\C)NC(=O)CCc1cccc(NC(=O)OC(C)(C)C)c1. The van der Waals surface area contributed by atoms with Crippen molar-refractivity contribution in [3.05, 3.63) is 41.6 Å². The highest BCUT2D eigenvalue weighted by atomic mass is 16.6. The van der Waals surface area contributed by atoms with Crippen LogP contribution in [0.5, 0.6) is 0 Å². The number of hydrogen-bond donors (Lipinski definition) is 2. The normalized spacial score (nSPS) is 11.8. The van der Waals surface area contributed by atoms with Gasteiger partial charge in [0.15, 0.2) is 0 Å². The van der Waals surface area contributed by atoms with Crippen molar-refractivity contribution in [2.45, 2.75) is 53.1 Å². The largest absolute Gasteiger partial charge is 0.444 e. The average molecular weight is 318 g/mol. The van der Waals surface area contributed by atoms with Gasteiger partial charge in [-0.3, -0.25) is 10.1 Å². The van der Waals surface area contributed by atoms with Crippen molar-refractivity contribution in [3.8, 4) is 0 Å². The fraction of sp³-hybridized carbons (Fsp3) is 0.444. The second-order valence-corrected chi connectivity index (χ2v) is 6.35. The number of hydrogen-bond acceptors (Lipinski definition) is 3. The van der Waals surface area contributed by atoms with Gasteiger partial charge in [-0.1, -0.05) is 18.2 Å². The van der Waals surface area contributed by atoms with Gasteiger partial charge in [0.2, 0.25) is 5.91 Å². The minimum absolute atomic E-state index is 0.0221. The van der Waals surface area contributed by atoms with E-state index in [1.54, 1.807) is 6.07 Å². The Labute approximate surface area is 138 Å². The average Bonchev–Trinajstić information content (AvgIpc) is 2.43. The number of anilines is 1. The first-order valence-electron chi connectivity index (χ1n) is 7.71. The molecule has 1 rings (SSSR count). The highest BCUT2D eigenvalue weighted by Gasteiger charge is 2.16. The van der Waals surface area contributed by atoms with Crippen LogP contribution in [0.4, 0.5) is 10.5 Å². The standard InChI is InChI=1S/C18H26N2O3/c1-6-13(2)19-16(21)11-10-14-8-7-9-15(12-14)20-17(22)23-18(3,4)5/h6-9,12H,10-11H2,1-5H3,(H,19,21)(H,20,22)/b13-6+. The molecule has 0 fully saturated rings. The van der Waals surface area contributed by atoms with Crippen molar-refractivity contribution in [1.82, 2.24) is 5.32 Å². The second-order valence-electron chi connectivity index (χ2n) is 6.35. The molecule has 0 aliphatic rings. The van der Waals surface area contributed by atoms with Crippen LogP contribution < -0.4 is 10.6 Å². The van der Waals surface area contributed by atoms with Crippen molar-refractivity contribution in [3.63, 3.8) is 0 Å². The zero-order chi connectivity index (χ0) is 17.5. The van der Waals surface area contributed by atoms with Gasteiger partial charge in [-0.15, -0.1) is 0 Å². The van der Waals surface area contributed by atoms with Crippen molar-refractivity contribution in [1.29, 1.82) is 0 Å². The Morgan fingerprint density at radius 2 is 1.96 bits per heavy atom. The number of allylic oxidation sites excluding steroid dienone is 2. The molecule has 0 unspecified atom stereocenters. The summed E-state index contributed by atoms with van der Waals surface area (Å²) in [6.07, 6.45) is 2.35. The molecule has 5 heteroatoms. The summed E-state index contributed by atoms with van der Waals surface area (Å²) in [4.78, 5) is 23.5. The summed E-state index contributed by atoms with van der Waals surface area (Å²) in [7, 11) is 0. The summed E-state index contributed by atoms with van der Waals surface area (Å²) in [5.74, 6) is -0.0221. The lowest BCUT2D eigenvalue weighted by atomic mass is 10.1. The van der Waals surface area contributed by atoms with E-state index in [-0.39, 0.29) is 5.91 Å². The molecule has 0 saturated heterocycles. The van der Waals surface area contributed by atoms with Gasteiger partial charge in [0.25, 0.3) is 0 Å². The third-order valence-electron chi connectivity index (χ3n) is 2.98. The minimum atomic E-state index is -0.537. The topological polar surface area (TPSA) is 67.4 Å². The lowest BCUT2D eigenvalue weighted by Gasteiger charge is -2.19. The van der Waals surface area contributed by atoms with Gasteiger partial charge in [0.1, 0.15) is 5.60 Å². The predicted octanol–water partition coefficient (Wildman–Crippen LogP) is 4.01. The van der Waals surface area contributed by atoms with Gasteiger partial charge in [-0.25, -0.2) is 4.79 Å². The number of aryl methyl sites for hydroxylation is 1. The van der Waals surface area contributed by atoms with E-state index in [0.29, 0.717) is 18.5 Å². The molecule has 0 aromatic heterocycles. The number of ether oxygens (including phenoxy) is 1. The molecule has 0 spiro atoms. The van der Waals surface area contributed by atoms with E-state index in [0.717, 1.165) is 11.3 Å². The monoisotopic (exact) mass is 318 g/mol. The Morgan fingerprint density at radius 3 is 2.57 bits per heavy atom. The molecule has 0 saturated carbocycles. The first kappa shape index (κ1) is 18.7. The predicted molar refractivity (Wildman–Crippen MR) is 92.2 cm³/mol. The minimum Gasteiger partial charge on any atom is -0.444 e. The number of carbonyl (C=O) groups is 2. The summed E-state index contributed by atoms with van der Waals surface area (Å²) in [6.45, 7) is 9.17. The molecule has 0 aliphatic carbocycles. The summed E-state index contributed by atoms with van der Waals surface area (Å²) in [6, 6.07) is 7.41. The van der Waals surface area contributed by atoms with Crippen LogP contribution in [0.15, 0.2) is 36.0 Å². The summed E-state index contributed by atoms with van der Waals surface area (Å²) < 4.78 is 5.22. The van der Waals surface area contributed by atoms with E-state index in [9.17, 15) is 9.59 Å². The number of carbonyl (C=O) groups excluding carboxylic acids is 2. The van der Waals surface area contributed by atoms with Gasteiger partial charge in [-0.2, -0.15) is 0 Å². The Kier molecular flexibility index (Phi) is 6.82. The van der Waals surface area contributed by atoms with E-state index in [4.69, 9.17) is 4.74 Å². The van der Waals surface area contributed by atoms with Crippen molar-refractivity contribution in [2.24, 2.45) is 0 Å². The highest BCUT2D eigenvalue weighted by Crippen LogP contribution is 2.14. The molecule has 126 valence electrons. The van der Waals surface area contributed by atoms with Gasteiger partial charge in [-0.05, 0) is 58.7 Å². The van der Waals surface area contributed by atoms with Crippen LogP contribution in [0.25, 0.3) is 0 Å². The second kappa shape index (κ2) is 8.36. The fourth-order valence-electron chi connectivity index (χ4n) is 1.84. The molecule has 1 aromatic rings. The van der Waals surface area contributed by atoms with Crippen molar-refractivity contribution in [2.75, 3.05) is 5.32 Å². The Morgan fingerprint density at radius 1 is 1.26 bits per heavy atom. The smallest absolute Gasteiger partial charge is 0.412 e. The fourth-order valence-corrected chi connectivity index (χ4v) is 1.84. The number of nitrogens with one attached hydrogen (secondary N) is 2. The molecule has 0 aliphatic heterocycles. The van der Waals surface area contributed by atoms with Crippen LogP contribution in [0, 0.1) is 0 Å². The first-order chi connectivity index (χ1) is 10.7. The van der Waals surface area contributed by atoms with Crippen LogP contribution >= 0.6 is 0 Å². The number of rotatable bonds is 5. The summed E-state index contributed by atoms with van der Waals surface area (Å²) in [5, 5.41) is 5.50. The van der Waals surface area contributed by atoms with Crippen LogP contribution in [-0.2, 0) is 16.0 Å². The third-order valence-corrected chi connectivity index (χ3v) is 2.98. The Bertz CT molecular complexity index is 586. The lowest BCUT2D eigenvalue weighted by Crippen LogP contribution is -2.27. The zero-order valence-electron chi connectivity index (χ0n) is 14.5. The van der Waals surface area contributed by atoms with E-state index < -0.39 is 11.7 Å². The van der Waals surface area contributed by atoms with Gasteiger partial charge in [0, 0.05) is 17.8 Å². The van der Waals surface area contributed by atoms with Gasteiger partial charge < -0.3 is 10.1 Å². The Hall–Kier alpha value is -2.30. The van der Waals surface area contributed by atoms with Gasteiger partial charge >= 0.3 is 6.09 Å². The maximum atomic E-state index is 11.8. The van der Waals surface area contributed by atoms with E-state index in [1.165, 1.54) is 0 Å². The molecular weight excluding hydrogens is 292 g/mol. The zero-order valence-corrected chi connectivity index (χ0v) is 14.5. The molecule has 1 aromatic carbocycles. The van der Waals surface area contributed by atoms with Crippen LogP contribution in [0.1, 0.15) is 46.6 Å². The maximum Gasteiger partial charge on any atom is 0.412 e. The molecule has 23 heavy (non-hydrogen) atoms. The number of amides is 2. The van der Waals surface area contributed by atoms with Crippen LogP contribution in [0.3, 0.4) is 0 Å². The molecule has 2 amide bonds. The van der Waals surface area contributed by atoms with Crippen molar-refractivity contribution >= 4 is 17.7 Å². The molecule has 0 radical (unpaired) electrons. The molecule has 2 N–H and O–H groups in total. The molecule has 5 nitrogen and oxygen atoms in total. The molecule has 0 atom stereocenters. The van der Waals surface area contributed by atoms with Gasteiger partial charge in [0.05, 0.1) is 0 Å². The molecule has 0 bridgehead atoms. The van der Waals surface area contributed by atoms with E-state index in [1.807, 2.05) is 58.9 Å². The van der Waals surface area contributed by atoms with Crippen molar-refractivity contribution < 1.29 is 14.3 Å². The maximum absolute atomic E-state index is 11.8. The molecular formula is C18H26N2O3. The first-order valence-corrected chi connectivity index (χ1v) is 7.71. The van der Waals surface area contributed by atoms with E-state index in [2.05, 4.69) is 10.6 Å². The Balaban J connectivity index is 2.57. The summed E-state index contributed by atoms with van der Waals surface area (Å²) >= 11 is 0. The molecule has 0 heterocycles. The van der Waals surface area contributed by atoms with E-state index >= 15 is 0 Å². The van der Waals surface area contributed by atoms with Crippen LogP contribution in [-0.4, -0.2) is 17.6 Å². The third kappa shape index (κ3) is 8.04. The lowest BCUT2D eigenvalue weighted by molar-refractivity contribution is -0.120. The summed E-state index contributed by atoms with van der Waals surface area (Å²) in [5.41, 5.74) is 1.94. The number of benzene rings is 1. The van der Waals surface area contributed by atoms with Crippen LogP contribution in [0.2, 0.25) is 0 Å². The highest BCUT2D eigenvalue weighted by molar-refractivity contribution is 5.85.